The largest absolute Gasteiger partial charge is 0.507 e. The van der Waals surface area contributed by atoms with Crippen molar-refractivity contribution in [1.29, 1.82) is 0 Å². The number of aliphatic hydroxyl groups is 1. The van der Waals surface area contributed by atoms with E-state index < -0.39 is 17.7 Å². The smallest absolute Gasteiger partial charge is 0.295 e. The predicted molar refractivity (Wildman–Crippen MR) is 120 cm³/mol. The molecule has 1 unspecified atom stereocenters. The Morgan fingerprint density at radius 1 is 1.13 bits per heavy atom. The Kier molecular flexibility index (Phi) is 6.04. The minimum absolute atomic E-state index is 0.130. The molecule has 1 aliphatic heterocycles. The van der Waals surface area contributed by atoms with E-state index in [1.165, 1.54) is 0 Å². The van der Waals surface area contributed by atoms with Crippen LogP contribution in [0.25, 0.3) is 5.76 Å². The second-order valence-corrected chi connectivity index (χ2v) is 8.53. The topological polar surface area (TPSA) is 77.3 Å². The number of carbonyl (C=O) groups is 2. The summed E-state index contributed by atoms with van der Waals surface area (Å²) >= 11 is 3.38. The SMILES string of the molecule is Cc1ccc(C2C(=C(O)c3ccc(Br)cc3)C(=O)C(=O)N2CCC[n+]2cc[nH]c2)cc1. The number of halogens is 1. The number of H-pyrrole nitrogens is 1. The molecule has 6 nitrogen and oxygen atoms in total. The number of benzene rings is 2. The van der Waals surface area contributed by atoms with Crippen molar-refractivity contribution in [2.75, 3.05) is 6.54 Å². The minimum atomic E-state index is -0.653. The number of aliphatic hydroxyl groups excluding tert-OH is 1. The summed E-state index contributed by atoms with van der Waals surface area (Å²) < 4.78 is 2.85. The van der Waals surface area contributed by atoms with Gasteiger partial charge in [-0.15, -0.1) is 0 Å². The molecule has 0 aliphatic carbocycles. The van der Waals surface area contributed by atoms with E-state index in [-0.39, 0.29) is 11.3 Å². The van der Waals surface area contributed by atoms with Crippen molar-refractivity contribution < 1.29 is 19.3 Å². The van der Waals surface area contributed by atoms with Crippen molar-refractivity contribution >= 4 is 33.4 Å². The number of carbonyl (C=O) groups excluding carboxylic acids is 2. The molecule has 0 saturated carbocycles. The fourth-order valence-electron chi connectivity index (χ4n) is 3.85. The lowest BCUT2D eigenvalue weighted by molar-refractivity contribution is -0.695. The summed E-state index contributed by atoms with van der Waals surface area (Å²) in [5, 5.41) is 11.0. The molecular formula is C24H23BrN3O3+. The van der Waals surface area contributed by atoms with Crippen LogP contribution >= 0.6 is 15.9 Å². The van der Waals surface area contributed by atoms with Gasteiger partial charge in [0.1, 0.15) is 18.2 Å². The molecule has 31 heavy (non-hydrogen) atoms. The highest BCUT2D eigenvalue weighted by Gasteiger charge is 2.45. The van der Waals surface area contributed by atoms with E-state index in [2.05, 4.69) is 20.9 Å². The lowest BCUT2D eigenvalue weighted by Gasteiger charge is -2.25. The second-order valence-electron chi connectivity index (χ2n) is 7.61. The zero-order valence-electron chi connectivity index (χ0n) is 17.1. The van der Waals surface area contributed by atoms with Crippen LogP contribution < -0.4 is 4.57 Å². The van der Waals surface area contributed by atoms with Crippen LogP contribution in [0.2, 0.25) is 0 Å². The van der Waals surface area contributed by atoms with Crippen LogP contribution in [0.1, 0.15) is 29.2 Å². The third kappa shape index (κ3) is 4.32. The van der Waals surface area contributed by atoms with Gasteiger partial charge >= 0.3 is 0 Å². The van der Waals surface area contributed by atoms with E-state index in [9.17, 15) is 14.7 Å². The average molecular weight is 481 g/mol. The van der Waals surface area contributed by atoms with Gasteiger partial charge in [0.2, 0.25) is 6.33 Å². The Balaban J connectivity index is 1.72. The molecule has 1 aromatic heterocycles. The fourth-order valence-corrected chi connectivity index (χ4v) is 4.12. The van der Waals surface area contributed by atoms with Gasteiger partial charge in [-0.1, -0.05) is 57.9 Å². The molecule has 4 rings (SSSR count). The van der Waals surface area contributed by atoms with Gasteiger partial charge in [0.15, 0.2) is 0 Å². The van der Waals surface area contributed by atoms with Crippen molar-refractivity contribution in [2.45, 2.75) is 25.9 Å². The number of aromatic amines is 1. The quantitative estimate of drug-likeness (QED) is 0.243. The van der Waals surface area contributed by atoms with Crippen LogP contribution in [0, 0.1) is 6.92 Å². The molecule has 1 atom stereocenters. The number of hydrogen-bond acceptors (Lipinski definition) is 3. The van der Waals surface area contributed by atoms with Gasteiger partial charge in [-0.3, -0.25) is 14.6 Å². The number of imidazole rings is 1. The third-order valence-corrected chi connectivity index (χ3v) is 6.00. The number of hydrogen-bond donors (Lipinski definition) is 2. The molecule has 7 heteroatoms. The van der Waals surface area contributed by atoms with E-state index in [1.54, 1.807) is 29.2 Å². The van der Waals surface area contributed by atoms with E-state index in [0.29, 0.717) is 25.1 Å². The van der Waals surface area contributed by atoms with Crippen LogP contribution in [0.4, 0.5) is 0 Å². The number of nitrogens with zero attached hydrogens (tertiary/aromatic N) is 2. The summed E-state index contributed by atoms with van der Waals surface area (Å²) in [4.78, 5) is 30.5. The Morgan fingerprint density at radius 2 is 1.84 bits per heavy atom. The highest BCUT2D eigenvalue weighted by molar-refractivity contribution is 9.10. The highest BCUT2D eigenvalue weighted by atomic mass is 79.9. The van der Waals surface area contributed by atoms with Crippen molar-refractivity contribution in [3.63, 3.8) is 0 Å². The number of nitrogens with one attached hydrogen (secondary N) is 1. The summed E-state index contributed by atoms with van der Waals surface area (Å²) in [6.45, 7) is 3.09. The molecule has 0 radical (unpaired) electrons. The highest BCUT2D eigenvalue weighted by Crippen LogP contribution is 2.39. The summed E-state index contributed by atoms with van der Waals surface area (Å²) in [6, 6.07) is 14.1. The maximum absolute atomic E-state index is 13.0. The molecule has 2 heterocycles. The zero-order chi connectivity index (χ0) is 22.0. The minimum Gasteiger partial charge on any atom is -0.507 e. The molecule has 0 spiro atoms. The van der Waals surface area contributed by atoms with Crippen molar-refractivity contribution in [1.82, 2.24) is 9.88 Å². The molecule has 0 bridgehead atoms. The number of ketones is 1. The normalized spacial score (nSPS) is 18.0. The summed E-state index contributed by atoms with van der Waals surface area (Å²) in [6.07, 6.45) is 6.27. The van der Waals surface area contributed by atoms with Crippen LogP contribution in [0.5, 0.6) is 0 Å². The summed E-state index contributed by atoms with van der Waals surface area (Å²) in [5.41, 5.74) is 2.52. The van der Waals surface area contributed by atoms with Crippen molar-refractivity contribution in [2.24, 2.45) is 0 Å². The monoisotopic (exact) mass is 480 g/mol. The molecule has 2 N–H and O–H groups in total. The lowest BCUT2D eigenvalue weighted by atomic mass is 9.94. The van der Waals surface area contributed by atoms with E-state index in [4.69, 9.17) is 0 Å². The van der Waals surface area contributed by atoms with Gasteiger partial charge in [-0.05, 0) is 24.6 Å². The standard InChI is InChI=1S/C24H22BrN3O3/c1-16-3-5-17(6-4-16)21-20(22(29)18-7-9-19(25)10-8-18)23(30)24(31)28(21)13-2-12-27-14-11-26-15-27/h3-11,14-15,21H,2,12-13H2,1H3,(H,29,30)/p+1. The van der Waals surface area contributed by atoms with Gasteiger partial charge in [-0.25, -0.2) is 4.57 Å². The number of aromatic nitrogens is 2. The molecule has 1 aliphatic rings. The maximum Gasteiger partial charge on any atom is 0.295 e. The van der Waals surface area contributed by atoms with Crippen molar-refractivity contribution in [3.8, 4) is 0 Å². The Labute approximate surface area is 189 Å². The molecule has 1 fully saturated rings. The van der Waals surface area contributed by atoms with E-state index >= 15 is 0 Å². The number of rotatable bonds is 6. The Hall–Kier alpha value is -3.19. The molecular weight excluding hydrogens is 458 g/mol. The van der Waals surface area contributed by atoms with Gasteiger partial charge in [0.05, 0.1) is 18.2 Å². The number of aryl methyl sites for hydroxylation is 2. The second kappa shape index (κ2) is 8.89. The first kappa shape index (κ1) is 21.1. The van der Waals surface area contributed by atoms with E-state index in [1.807, 2.05) is 54.5 Å². The van der Waals surface area contributed by atoms with Gasteiger partial charge in [0, 0.05) is 23.0 Å². The summed E-state index contributed by atoms with van der Waals surface area (Å²) in [5.74, 6) is -1.39. The molecule has 3 aromatic rings. The number of likely N-dealkylation sites (tertiary alicyclic amines) is 1. The maximum atomic E-state index is 13.0. The predicted octanol–water partition coefficient (Wildman–Crippen LogP) is 3.89. The van der Waals surface area contributed by atoms with Crippen molar-refractivity contribution in [3.05, 3.63) is 94.0 Å². The Morgan fingerprint density at radius 3 is 2.48 bits per heavy atom. The van der Waals surface area contributed by atoms with Crippen LogP contribution in [-0.2, 0) is 16.1 Å². The van der Waals surface area contributed by atoms with Crippen LogP contribution in [0.15, 0.2) is 77.3 Å². The van der Waals surface area contributed by atoms with Gasteiger partial charge in [0.25, 0.3) is 11.7 Å². The molecule has 2 aromatic carbocycles. The first-order valence-electron chi connectivity index (χ1n) is 10.1. The van der Waals surface area contributed by atoms with E-state index in [0.717, 1.165) is 15.6 Å². The Bertz CT molecular complexity index is 1120. The number of amides is 1. The zero-order valence-corrected chi connectivity index (χ0v) is 18.7. The van der Waals surface area contributed by atoms with Crippen LogP contribution in [-0.4, -0.2) is 33.2 Å². The first-order chi connectivity index (χ1) is 15.0. The van der Waals surface area contributed by atoms with Gasteiger partial charge < -0.3 is 10.0 Å². The van der Waals surface area contributed by atoms with Crippen LogP contribution in [0.3, 0.4) is 0 Å². The number of Topliss-reactive ketones (excluding diaryl/α,β-unsaturated/α-hetero) is 1. The molecule has 1 saturated heterocycles. The molecule has 158 valence electrons. The van der Waals surface area contributed by atoms with Gasteiger partial charge in [-0.2, -0.15) is 0 Å². The average Bonchev–Trinajstić information content (AvgIpc) is 3.37. The third-order valence-electron chi connectivity index (χ3n) is 5.47. The summed E-state index contributed by atoms with van der Waals surface area (Å²) in [7, 11) is 0. The lowest BCUT2D eigenvalue weighted by Crippen LogP contribution is -2.36. The first-order valence-corrected chi connectivity index (χ1v) is 10.9. The molecule has 1 amide bonds. The fraction of sp³-hybridized carbons (Fsp3) is 0.208.